The number of carbonyl (C=O) groups is 2. The van der Waals surface area contributed by atoms with Crippen molar-refractivity contribution in [2.75, 3.05) is 26.8 Å². The number of ether oxygens (including phenoxy) is 2. The number of amides is 1. The van der Waals surface area contributed by atoms with Gasteiger partial charge in [0.2, 0.25) is 5.91 Å². The van der Waals surface area contributed by atoms with Gasteiger partial charge in [-0.3, -0.25) is 9.59 Å². The fraction of sp³-hybridized carbons (Fsp3) is 0.556. The summed E-state index contributed by atoms with van der Waals surface area (Å²) in [4.78, 5) is 24.9. The summed E-state index contributed by atoms with van der Waals surface area (Å²) in [7, 11) is 1.51. The van der Waals surface area contributed by atoms with Gasteiger partial charge in [-0.1, -0.05) is 24.3 Å². The van der Waals surface area contributed by atoms with Gasteiger partial charge in [0.05, 0.1) is 18.1 Å². The van der Waals surface area contributed by atoms with Crippen LogP contribution in [0.25, 0.3) is 0 Å². The van der Waals surface area contributed by atoms with Gasteiger partial charge in [0.1, 0.15) is 6.61 Å². The van der Waals surface area contributed by atoms with Gasteiger partial charge in [0.25, 0.3) is 0 Å². The molecule has 1 unspecified atom stereocenters. The van der Waals surface area contributed by atoms with Gasteiger partial charge >= 0.3 is 5.97 Å². The number of methoxy groups -OCH3 is 1. The predicted molar refractivity (Wildman–Crippen MR) is 86.6 cm³/mol. The van der Waals surface area contributed by atoms with E-state index in [2.05, 4.69) is 12.1 Å². The van der Waals surface area contributed by atoms with Gasteiger partial charge < -0.3 is 19.5 Å². The second-order valence-corrected chi connectivity index (χ2v) is 6.51. The van der Waals surface area contributed by atoms with E-state index in [1.807, 2.05) is 12.1 Å². The molecule has 2 aliphatic heterocycles. The van der Waals surface area contributed by atoms with Crippen LogP contribution in [0, 0.1) is 0 Å². The molecule has 1 fully saturated rings. The second kappa shape index (κ2) is 6.91. The van der Waals surface area contributed by atoms with Crippen LogP contribution >= 0.6 is 0 Å². The Morgan fingerprint density at radius 2 is 2.04 bits per heavy atom. The molecular formula is C18H23NO5. The minimum Gasteiger partial charge on any atom is -0.481 e. The van der Waals surface area contributed by atoms with Crippen molar-refractivity contribution >= 4 is 11.9 Å². The molecule has 6 nitrogen and oxygen atoms in total. The van der Waals surface area contributed by atoms with Crippen LogP contribution in [0.15, 0.2) is 24.3 Å². The predicted octanol–water partition coefficient (Wildman–Crippen LogP) is 1.57. The average Bonchev–Trinajstić information content (AvgIpc) is 2.55. The first kappa shape index (κ1) is 16.9. The van der Waals surface area contributed by atoms with E-state index < -0.39 is 11.6 Å². The topological polar surface area (TPSA) is 76.1 Å². The number of likely N-dealkylation sites (tertiary alicyclic amines) is 1. The van der Waals surface area contributed by atoms with Gasteiger partial charge in [-0.2, -0.15) is 0 Å². The van der Waals surface area contributed by atoms with E-state index in [0.29, 0.717) is 32.4 Å². The molecule has 0 bridgehead atoms. The number of rotatable bonds is 4. The fourth-order valence-corrected chi connectivity index (χ4v) is 3.84. The molecule has 1 aromatic rings. The number of carboxylic acids is 1. The lowest BCUT2D eigenvalue weighted by atomic mass is 9.78. The zero-order valence-corrected chi connectivity index (χ0v) is 13.9. The van der Waals surface area contributed by atoms with E-state index >= 15 is 0 Å². The highest BCUT2D eigenvalue weighted by Crippen LogP contribution is 2.43. The van der Waals surface area contributed by atoms with Gasteiger partial charge in [-0.25, -0.2) is 0 Å². The van der Waals surface area contributed by atoms with Crippen molar-refractivity contribution in [1.82, 2.24) is 4.90 Å². The quantitative estimate of drug-likeness (QED) is 0.905. The molecule has 0 radical (unpaired) electrons. The molecule has 1 spiro atoms. The zero-order valence-electron chi connectivity index (χ0n) is 13.9. The number of piperidine rings is 1. The Bertz CT molecular complexity index is 622. The van der Waals surface area contributed by atoms with Crippen LogP contribution in [-0.2, 0) is 31.1 Å². The summed E-state index contributed by atoms with van der Waals surface area (Å²) in [6.45, 7) is 1.28. The molecule has 2 aliphatic rings. The molecule has 1 atom stereocenters. The highest BCUT2D eigenvalue weighted by molar-refractivity contribution is 5.77. The summed E-state index contributed by atoms with van der Waals surface area (Å²) in [5.41, 5.74) is 1.82. The van der Waals surface area contributed by atoms with Crippen LogP contribution in [0.4, 0.5) is 0 Å². The number of carbonyl (C=O) groups excluding carboxylic acids is 1. The minimum atomic E-state index is -0.845. The van der Waals surface area contributed by atoms with E-state index in [0.717, 1.165) is 11.1 Å². The van der Waals surface area contributed by atoms with E-state index in [4.69, 9.17) is 14.6 Å². The van der Waals surface area contributed by atoms with Gasteiger partial charge in [-0.05, 0) is 30.4 Å². The van der Waals surface area contributed by atoms with Gasteiger partial charge in [0.15, 0.2) is 0 Å². The molecule has 1 saturated heterocycles. The summed E-state index contributed by atoms with van der Waals surface area (Å²) in [6.07, 6.45) is 1.66. The molecule has 1 aromatic carbocycles. The first-order chi connectivity index (χ1) is 11.5. The summed E-state index contributed by atoms with van der Waals surface area (Å²) in [6, 6.07) is 8.09. The first-order valence-corrected chi connectivity index (χ1v) is 8.29. The lowest BCUT2D eigenvalue weighted by Crippen LogP contribution is -2.51. The van der Waals surface area contributed by atoms with E-state index in [9.17, 15) is 9.59 Å². The van der Waals surface area contributed by atoms with E-state index in [1.165, 1.54) is 7.11 Å². The Morgan fingerprint density at radius 3 is 2.71 bits per heavy atom. The standard InChI is InChI=1S/C18H23NO5/c1-23-12-16(20)19-8-6-18(7-9-19)15-5-3-2-4-13(15)10-14(24-18)11-17(21)22/h2-5,14H,6-12H2,1H3,(H,21,22). The highest BCUT2D eigenvalue weighted by atomic mass is 16.5. The Balaban J connectivity index is 1.81. The monoisotopic (exact) mass is 333 g/mol. The molecule has 3 rings (SSSR count). The number of nitrogens with zero attached hydrogens (tertiary/aromatic N) is 1. The molecule has 6 heteroatoms. The third-order valence-electron chi connectivity index (χ3n) is 4.94. The van der Waals surface area contributed by atoms with Crippen molar-refractivity contribution in [2.45, 2.75) is 37.4 Å². The average molecular weight is 333 g/mol. The number of fused-ring (bicyclic) bond motifs is 2. The van der Waals surface area contributed by atoms with Crippen LogP contribution in [0.2, 0.25) is 0 Å². The molecule has 1 N–H and O–H groups in total. The van der Waals surface area contributed by atoms with Crippen LogP contribution in [0.3, 0.4) is 0 Å². The van der Waals surface area contributed by atoms with Crippen LogP contribution in [0.5, 0.6) is 0 Å². The number of benzene rings is 1. The smallest absolute Gasteiger partial charge is 0.305 e. The molecule has 1 amide bonds. The molecule has 0 saturated carbocycles. The molecule has 0 aliphatic carbocycles. The summed E-state index contributed by atoms with van der Waals surface area (Å²) < 4.78 is 11.2. The van der Waals surface area contributed by atoms with Crippen molar-refractivity contribution in [3.63, 3.8) is 0 Å². The number of hydrogen-bond donors (Lipinski definition) is 1. The summed E-state index contributed by atoms with van der Waals surface area (Å²) in [5.74, 6) is -0.860. The molecular weight excluding hydrogens is 310 g/mol. The number of hydrogen-bond acceptors (Lipinski definition) is 4. The number of carboxylic acid groups (broad SMARTS) is 1. The van der Waals surface area contributed by atoms with Crippen LogP contribution in [0.1, 0.15) is 30.4 Å². The maximum absolute atomic E-state index is 12.0. The Kier molecular flexibility index (Phi) is 4.87. The summed E-state index contributed by atoms with van der Waals surface area (Å²) >= 11 is 0. The molecule has 2 heterocycles. The van der Waals surface area contributed by atoms with Gasteiger partial charge in [0, 0.05) is 20.2 Å². The lowest BCUT2D eigenvalue weighted by molar-refractivity contribution is -0.163. The maximum Gasteiger partial charge on any atom is 0.305 e. The van der Waals surface area contributed by atoms with Crippen molar-refractivity contribution < 1.29 is 24.2 Å². The van der Waals surface area contributed by atoms with E-state index in [-0.39, 0.29) is 25.0 Å². The molecule has 24 heavy (non-hydrogen) atoms. The maximum atomic E-state index is 12.0. The highest BCUT2D eigenvalue weighted by Gasteiger charge is 2.44. The SMILES string of the molecule is COCC(=O)N1CCC2(CC1)OC(CC(=O)O)Cc1ccccc12. The van der Waals surface area contributed by atoms with E-state index in [1.54, 1.807) is 4.90 Å². The molecule has 0 aromatic heterocycles. The Hall–Kier alpha value is -1.92. The van der Waals surface area contributed by atoms with Crippen molar-refractivity contribution in [1.29, 1.82) is 0 Å². The lowest BCUT2D eigenvalue weighted by Gasteiger charge is -2.47. The number of aliphatic carboxylic acids is 1. The normalized spacial score (nSPS) is 22.2. The Morgan fingerprint density at radius 1 is 1.33 bits per heavy atom. The third-order valence-corrected chi connectivity index (χ3v) is 4.94. The second-order valence-electron chi connectivity index (χ2n) is 6.51. The molecule has 130 valence electrons. The van der Waals surface area contributed by atoms with Crippen molar-refractivity contribution in [3.05, 3.63) is 35.4 Å². The van der Waals surface area contributed by atoms with Crippen molar-refractivity contribution in [2.24, 2.45) is 0 Å². The largest absolute Gasteiger partial charge is 0.481 e. The fourth-order valence-electron chi connectivity index (χ4n) is 3.84. The zero-order chi connectivity index (χ0) is 17.2. The minimum absolute atomic E-state index is 0.00238. The van der Waals surface area contributed by atoms with Gasteiger partial charge in [-0.15, -0.1) is 0 Å². The Labute approximate surface area is 141 Å². The van der Waals surface area contributed by atoms with Crippen molar-refractivity contribution in [3.8, 4) is 0 Å². The summed E-state index contributed by atoms with van der Waals surface area (Å²) in [5, 5.41) is 9.13. The third kappa shape index (κ3) is 3.30. The first-order valence-electron chi connectivity index (χ1n) is 8.29. The van der Waals surface area contributed by atoms with Crippen LogP contribution in [-0.4, -0.2) is 54.8 Å². The van der Waals surface area contributed by atoms with Crippen LogP contribution < -0.4 is 0 Å².